The van der Waals surface area contributed by atoms with Crippen LogP contribution < -0.4 is 10.9 Å². The first-order valence-electron chi connectivity index (χ1n) is 9.80. The Morgan fingerprint density at radius 1 is 0.533 bits per heavy atom. The van der Waals surface area contributed by atoms with Gasteiger partial charge in [-0.3, -0.25) is 9.59 Å². The molecule has 3 heterocycles. The van der Waals surface area contributed by atoms with Crippen molar-refractivity contribution in [2.45, 2.75) is 0 Å². The standard InChI is InChI=1S/C26H13NO3/c28-25-14-6-1-3-10-19(14)27-23-16(25)8-5-9-17(23)26(29)18-12-13-21-22(24(18)27)15-7-2-4-11-20(15)30-21/h1-13H. The summed E-state index contributed by atoms with van der Waals surface area (Å²) in [6.45, 7) is 0. The monoisotopic (exact) mass is 387 g/mol. The van der Waals surface area contributed by atoms with Crippen molar-refractivity contribution >= 4 is 60.0 Å². The normalized spacial score (nSPS) is 12.3. The molecular formula is C26H13NO3. The molecule has 0 amide bonds. The summed E-state index contributed by atoms with van der Waals surface area (Å²) in [7, 11) is 0. The van der Waals surface area contributed by atoms with E-state index in [1.54, 1.807) is 18.2 Å². The Kier molecular flexibility index (Phi) is 2.75. The van der Waals surface area contributed by atoms with E-state index in [4.69, 9.17) is 4.42 Å². The Morgan fingerprint density at radius 3 is 2.00 bits per heavy atom. The minimum Gasteiger partial charge on any atom is -0.456 e. The van der Waals surface area contributed by atoms with Crippen LogP contribution >= 0.6 is 0 Å². The van der Waals surface area contributed by atoms with E-state index in [2.05, 4.69) is 4.40 Å². The van der Waals surface area contributed by atoms with E-state index in [1.807, 2.05) is 60.7 Å². The van der Waals surface area contributed by atoms with Crippen molar-refractivity contribution < 1.29 is 4.42 Å². The molecule has 0 bridgehead atoms. The van der Waals surface area contributed by atoms with Gasteiger partial charge in [-0.25, -0.2) is 0 Å². The van der Waals surface area contributed by atoms with Gasteiger partial charge in [0.25, 0.3) is 0 Å². The summed E-state index contributed by atoms with van der Waals surface area (Å²) in [6, 6.07) is 24.5. The maximum absolute atomic E-state index is 13.5. The molecule has 0 fully saturated rings. The fourth-order valence-corrected chi connectivity index (χ4v) is 4.87. The van der Waals surface area contributed by atoms with Crippen molar-refractivity contribution in [1.82, 2.24) is 4.40 Å². The van der Waals surface area contributed by atoms with Gasteiger partial charge in [0.1, 0.15) is 11.2 Å². The largest absolute Gasteiger partial charge is 0.456 e. The summed E-state index contributed by atoms with van der Waals surface area (Å²) in [5.74, 6) is 0. The van der Waals surface area contributed by atoms with Gasteiger partial charge in [-0.2, -0.15) is 0 Å². The molecule has 0 aliphatic heterocycles. The topological polar surface area (TPSA) is 51.7 Å². The summed E-state index contributed by atoms with van der Waals surface area (Å²) < 4.78 is 8.16. The Morgan fingerprint density at radius 2 is 1.17 bits per heavy atom. The van der Waals surface area contributed by atoms with E-state index in [-0.39, 0.29) is 10.9 Å². The Hall–Kier alpha value is -4.18. The van der Waals surface area contributed by atoms with Crippen molar-refractivity contribution in [1.29, 1.82) is 0 Å². The van der Waals surface area contributed by atoms with Crippen LogP contribution in [0, 0.1) is 0 Å². The number of nitrogens with zero attached hydrogens (tertiary/aromatic N) is 1. The summed E-state index contributed by atoms with van der Waals surface area (Å²) in [4.78, 5) is 26.7. The molecule has 0 saturated carbocycles. The molecule has 0 atom stereocenters. The van der Waals surface area contributed by atoms with Crippen molar-refractivity contribution in [3.8, 4) is 0 Å². The van der Waals surface area contributed by atoms with Crippen LogP contribution in [0.4, 0.5) is 0 Å². The first kappa shape index (κ1) is 15.7. The molecule has 0 radical (unpaired) electrons. The van der Waals surface area contributed by atoms with Crippen molar-refractivity contribution in [3.05, 3.63) is 99.3 Å². The predicted octanol–water partition coefficient (Wildman–Crippen LogP) is 5.46. The summed E-state index contributed by atoms with van der Waals surface area (Å²) >= 11 is 0. The molecule has 140 valence electrons. The van der Waals surface area contributed by atoms with Crippen molar-refractivity contribution in [2.24, 2.45) is 0 Å². The first-order valence-corrected chi connectivity index (χ1v) is 9.80. The van der Waals surface area contributed by atoms with E-state index >= 15 is 0 Å². The highest BCUT2D eigenvalue weighted by molar-refractivity contribution is 6.21. The van der Waals surface area contributed by atoms with Gasteiger partial charge in [-0.15, -0.1) is 0 Å². The van der Waals surface area contributed by atoms with Gasteiger partial charge in [0, 0.05) is 26.9 Å². The molecule has 4 aromatic carbocycles. The highest BCUT2D eigenvalue weighted by Gasteiger charge is 2.20. The number of rotatable bonds is 0. The number of furan rings is 1. The third-order valence-corrected chi connectivity index (χ3v) is 6.12. The third-order valence-electron chi connectivity index (χ3n) is 6.12. The van der Waals surface area contributed by atoms with E-state index < -0.39 is 0 Å². The molecule has 4 nitrogen and oxygen atoms in total. The molecule has 0 unspecified atom stereocenters. The zero-order valence-electron chi connectivity index (χ0n) is 15.7. The second kappa shape index (κ2) is 5.24. The molecule has 0 N–H and O–H groups in total. The number of fused-ring (bicyclic) bond motifs is 8. The lowest BCUT2D eigenvalue weighted by molar-refractivity contribution is 0.669. The van der Waals surface area contributed by atoms with Gasteiger partial charge in [0.15, 0.2) is 10.9 Å². The predicted molar refractivity (Wildman–Crippen MR) is 121 cm³/mol. The van der Waals surface area contributed by atoms with Crippen molar-refractivity contribution in [3.63, 3.8) is 0 Å². The Labute approximate surface area is 168 Å². The average Bonchev–Trinajstić information content (AvgIpc) is 3.17. The molecule has 30 heavy (non-hydrogen) atoms. The van der Waals surface area contributed by atoms with Crippen LogP contribution in [0.25, 0.3) is 60.0 Å². The first-order chi connectivity index (χ1) is 14.7. The SMILES string of the molecule is O=c1c2ccccc2n2c3c1cccc3c(=O)c1ccc3oc4ccccc4c3c12. The van der Waals surface area contributed by atoms with E-state index in [9.17, 15) is 9.59 Å². The maximum atomic E-state index is 13.5. The Balaban J connectivity index is 2.00. The molecule has 4 heteroatoms. The lowest BCUT2D eigenvalue weighted by Crippen LogP contribution is -2.14. The van der Waals surface area contributed by atoms with Crippen LogP contribution in [0.15, 0.2) is 92.9 Å². The number of aromatic nitrogens is 1. The van der Waals surface area contributed by atoms with Gasteiger partial charge in [0.2, 0.25) is 0 Å². The fourth-order valence-electron chi connectivity index (χ4n) is 4.87. The highest BCUT2D eigenvalue weighted by atomic mass is 16.3. The summed E-state index contributed by atoms with van der Waals surface area (Å²) in [6.07, 6.45) is 0. The molecular weight excluding hydrogens is 374 g/mol. The quantitative estimate of drug-likeness (QED) is 0.257. The minimum absolute atomic E-state index is 0.0563. The maximum Gasteiger partial charge on any atom is 0.197 e. The molecule has 0 aliphatic carbocycles. The van der Waals surface area contributed by atoms with E-state index in [0.717, 1.165) is 33.0 Å². The lowest BCUT2D eigenvalue weighted by atomic mass is 10.0. The van der Waals surface area contributed by atoms with Gasteiger partial charge in [-0.1, -0.05) is 36.4 Å². The van der Waals surface area contributed by atoms with Gasteiger partial charge in [0.05, 0.1) is 21.9 Å². The van der Waals surface area contributed by atoms with Gasteiger partial charge < -0.3 is 8.82 Å². The second-order valence-electron chi connectivity index (χ2n) is 7.65. The van der Waals surface area contributed by atoms with Gasteiger partial charge in [-0.05, 0) is 42.5 Å². The number of hydrogen-bond donors (Lipinski definition) is 0. The molecule has 0 spiro atoms. The third kappa shape index (κ3) is 1.72. The Bertz CT molecular complexity index is 1930. The zero-order valence-corrected chi connectivity index (χ0v) is 15.7. The summed E-state index contributed by atoms with van der Waals surface area (Å²) in [5.41, 5.74) is 3.59. The van der Waals surface area contributed by atoms with Crippen LogP contribution in [0.5, 0.6) is 0 Å². The molecule has 3 aromatic heterocycles. The van der Waals surface area contributed by atoms with E-state index in [1.165, 1.54) is 0 Å². The number of benzene rings is 4. The van der Waals surface area contributed by atoms with Crippen LogP contribution in [0.3, 0.4) is 0 Å². The van der Waals surface area contributed by atoms with Crippen LogP contribution in [-0.4, -0.2) is 4.40 Å². The highest BCUT2D eigenvalue weighted by Crippen LogP contribution is 2.36. The summed E-state index contributed by atoms with van der Waals surface area (Å²) in [5, 5.41) is 4.19. The zero-order chi connectivity index (χ0) is 20.0. The molecule has 7 aromatic rings. The molecule has 0 saturated heterocycles. The number of hydrogen-bond acceptors (Lipinski definition) is 3. The smallest absolute Gasteiger partial charge is 0.197 e. The minimum atomic E-state index is -0.0718. The van der Waals surface area contributed by atoms with Crippen LogP contribution in [0.1, 0.15) is 0 Å². The number of pyridine rings is 2. The fraction of sp³-hybridized carbons (Fsp3) is 0. The second-order valence-corrected chi connectivity index (χ2v) is 7.65. The van der Waals surface area contributed by atoms with E-state index in [0.29, 0.717) is 27.1 Å². The lowest BCUT2D eigenvalue weighted by Gasteiger charge is -2.14. The van der Waals surface area contributed by atoms with Gasteiger partial charge >= 0.3 is 0 Å². The van der Waals surface area contributed by atoms with Crippen molar-refractivity contribution in [2.75, 3.05) is 0 Å². The number of para-hydroxylation sites is 3. The average molecular weight is 387 g/mol. The molecule has 7 rings (SSSR count). The van der Waals surface area contributed by atoms with Crippen LogP contribution in [-0.2, 0) is 0 Å². The van der Waals surface area contributed by atoms with Crippen LogP contribution in [0.2, 0.25) is 0 Å². The molecule has 0 aliphatic rings.